The molecule has 0 radical (unpaired) electrons. The summed E-state index contributed by atoms with van der Waals surface area (Å²) in [6, 6.07) is 10.9. The lowest BCUT2D eigenvalue weighted by atomic mass is 10.1. The van der Waals surface area contributed by atoms with E-state index in [1.165, 1.54) is 0 Å². The van der Waals surface area contributed by atoms with Gasteiger partial charge in [0.2, 0.25) is 10.0 Å². The summed E-state index contributed by atoms with van der Waals surface area (Å²) >= 11 is 0. The number of nitrogens with zero attached hydrogens (tertiary/aromatic N) is 1. The summed E-state index contributed by atoms with van der Waals surface area (Å²) in [6.07, 6.45) is 1.67. The third-order valence-corrected chi connectivity index (χ3v) is 6.83. The predicted octanol–water partition coefficient (Wildman–Crippen LogP) is 3.85. The number of hydrogen-bond acceptors (Lipinski definition) is 4. The summed E-state index contributed by atoms with van der Waals surface area (Å²) in [5, 5.41) is 0. The van der Waals surface area contributed by atoms with E-state index in [-0.39, 0.29) is 6.04 Å². The summed E-state index contributed by atoms with van der Waals surface area (Å²) < 4.78 is 38.8. The van der Waals surface area contributed by atoms with Crippen molar-refractivity contribution in [3.63, 3.8) is 0 Å². The normalized spacial score (nSPS) is 18.1. The molecule has 2 aromatic rings. The lowest BCUT2D eigenvalue weighted by molar-refractivity contribution is 0.393. The molecule has 0 amide bonds. The maximum Gasteiger partial charge on any atom is 0.243 e. The lowest BCUT2D eigenvalue weighted by Crippen LogP contribution is -2.30. The summed E-state index contributed by atoms with van der Waals surface area (Å²) in [6.45, 7) is 4.27. The van der Waals surface area contributed by atoms with E-state index in [2.05, 4.69) is 0 Å². The second-order valence-corrected chi connectivity index (χ2v) is 8.53. The smallest absolute Gasteiger partial charge is 0.243 e. The fourth-order valence-corrected chi connectivity index (χ4v) is 5.56. The van der Waals surface area contributed by atoms with E-state index in [1.807, 2.05) is 38.1 Å². The number of sulfonamides is 1. The van der Waals surface area contributed by atoms with Crippen LogP contribution < -0.4 is 9.47 Å². The van der Waals surface area contributed by atoms with Gasteiger partial charge in [0, 0.05) is 6.54 Å². The van der Waals surface area contributed by atoms with E-state index >= 15 is 0 Å². The Morgan fingerprint density at radius 2 is 1.62 bits per heavy atom. The molecular weight excluding hydrogens is 350 g/mol. The molecule has 1 unspecified atom stereocenters. The average Bonchev–Trinajstić information content (AvgIpc) is 3.12. The fourth-order valence-electron chi connectivity index (χ4n) is 3.70. The lowest BCUT2D eigenvalue weighted by Gasteiger charge is -2.25. The Balaban J connectivity index is 1.97. The van der Waals surface area contributed by atoms with Crippen LogP contribution in [0.3, 0.4) is 0 Å². The Bertz CT molecular complexity index is 868. The molecule has 0 aromatic heterocycles. The van der Waals surface area contributed by atoms with E-state index in [9.17, 15) is 8.42 Å². The molecule has 1 aliphatic heterocycles. The molecule has 0 N–H and O–H groups in total. The standard InChI is InChI=1S/C20H25NO4S/c1-14-12-18(13-15(2)20(14)25-4)26(22,23)21-11-5-6-19(21)16-7-9-17(24-3)10-8-16/h7-10,12-13,19H,5-6,11H2,1-4H3. The molecule has 1 aliphatic rings. The topological polar surface area (TPSA) is 55.8 Å². The van der Waals surface area contributed by atoms with Gasteiger partial charge < -0.3 is 9.47 Å². The zero-order chi connectivity index (χ0) is 18.9. The number of rotatable bonds is 5. The Labute approximate surface area is 155 Å². The first-order valence-electron chi connectivity index (χ1n) is 8.69. The minimum atomic E-state index is -3.58. The van der Waals surface area contributed by atoms with Gasteiger partial charge in [0.15, 0.2) is 0 Å². The maximum atomic E-state index is 13.3. The maximum absolute atomic E-state index is 13.3. The van der Waals surface area contributed by atoms with E-state index in [4.69, 9.17) is 9.47 Å². The molecule has 2 aromatic carbocycles. The third kappa shape index (κ3) is 3.31. The number of hydrogen-bond donors (Lipinski definition) is 0. The largest absolute Gasteiger partial charge is 0.497 e. The quantitative estimate of drug-likeness (QED) is 0.797. The van der Waals surface area contributed by atoms with Gasteiger partial charge >= 0.3 is 0 Å². The summed E-state index contributed by atoms with van der Waals surface area (Å²) in [5.41, 5.74) is 2.64. The van der Waals surface area contributed by atoms with Crippen LogP contribution >= 0.6 is 0 Å². The van der Waals surface area contributed by atoms with Crippen LogP contribution in [0.15, 0.2) is 41.3 Å². The van der Waals surface area contributed by atoms with Gasteiger partial charge in [0.25, 0.3) is 0 Å². The highest BCUT2D eigenvalue weighted by atomic mass is 32.2. The Hall–Kier alpha value is -2.05. The van der Waals surface area contributed by atoms with Gasteiger partial charge in [-0.1, -0.05) is 12.1 Å². The van der Waals surface area contributed by atoms with Crippen molar-refractivity contribution < 1.29 is 17.9 Å². The molecule has 0 saturated carbocycles. The molecule has 26 heavy (non-hydrogen) atoms. The van der Waals surface area contributed by atoms with Gasteiger partial charge in [-0.3, -0.25) is 0 Å². The summed E-state index contributed by atoms with van der Waals surface area (Å²) in [5.74, 6) is 1.50. The molecule has 0 bridgehead atoms. The van der Waals surface area contributed by atoms with Gasteiger partial charge in [-0.15, -0.1) is 0 Å². The number of methoxy groups -OCH3 is 2. The molecule has 3 rings (SSSR count). The molecule has 6 heteroatoms. The van der Waals surface area contributed by atoms with Crippen molar-refractivity contribution in [2.24, 2.45) is 0 Å². The van der Waals surface area contributed by atoms with E-state index in [0.717, 1.165) is 41.0 Å². The Morgan fingerprint density at radius 1 is 1.00 bits per heavy atom. The second-order valence-electron chi connectivity index (χ2n) is 6.64. The number of benzene rings is 2. The number of ether oxygens (including phenoxy) is 2. The Kier molecular flexibility index (Phi) is 5.25. The highest BCUT2D eigenvalue weighted by Crippen LogP contribution is 2.38. The third-order valence-electron chi connectivity index (χ3n) is 4.95. The van der Waals surface area contributed by atoms with Crippen LogP contribution in [0.25, 0.3) is 0 Å². The van der Waals surface area contributed by atoms with Gasteiger partial charge in [-0.2, -0.15) is 4.31 Å². The molecule has 1 saturated heterocycles. The van der Waals surface area contributed by atoms with Gasteiger partial charge in [0.05, 0.1) is 25.2 Å². The SMILES string of the molecule is COc1ccc(C2CCCN2S(=O)(=O)c2cc(C)c(OC)c(C)c2)cc1. The van der Waals surface area contributed by atoms with E-state index in [1.54, 1.807) is 30.7 Å². The first-order chi connectivity index (χ1) is 12.4. The minimum Gasteiger partial charge on any atom is -0.497 e. The highest BCUT2D eigenvalue weighted by molar-refractivity contribution is 7.89. The van der Waals surface area contributed by atoms with Crippen molar-refractivity contribution in [1.29, 1.82) is 0 Å². The molecule has 1 heterocycles. The summed E-state index contributed by atoms with van der Waals surface area (Å²) in [4.78, 5) is 0.328. The zero-order valence-electron chi connectivity index (χ0n) is 15.7. The molecular formula is C20H25NO4S. The van der Waals surface area contributed by atoms with Gasteiger partial charge in [0.1, 0.15) is 11.5 Å². The summed E-state index contributed by atoms with van der Waals surface area (Å²) in [7, 11) is -0.354. The first-order valence-corrected chi connectivity index (χ1v) is 10.1. The van der Waals surface area contributed by atoms with Crippen LogP contribution in [0.1, 0.15) is 35.6 Å². The van der Waals surface area contributed by atoms with Crippen molar-refractivity contribution in [2.45, 2.75) is 37.6 Å². The first kappa shape index (κ1) is 18.7. The molecule has 0 spiro atoms. The zero-order valence-corrected chi connectivity index (χ0v) is 16.5. The monoisotopic (exact) mass is 375 g/mol. The van der Waals surface area contributed by atoms with Gasteiger partial charge in [-0.05, 0) is 67.6 Å². The highest BCUT2D eigenvalue weighted by Gasteiger charge is 2.36. The molecule has 140 valence electrons. The van der Waals surface area contributed by atoms with Crippen molar-refractivity contribution >= 4 is 10.0 Å². The van der Waals surface area contributed by atoms with Crippen LogP contribution in [0.4, 0.5) is 0 Å². The van der Waals surface area contributed by atoms with Crippen molar-refractivity contribution in [2.75, 3.05) is 20.8 Å². The van der Waals surface area contributed by atoms with Crippen LogP contribution in [-0.2, 0) is 10.0 Å². The van der Waals surface area contributed by atoms with E-state index in [0.29, 0.717) is 11.4 Å². The minimum absolute atomic E-state index is 0.145. The number of aryl methyl sites for hydroxylation is 2. The predicted molar refractivity (Wildman–Crippen MR) is 101 cm³/mol. The molecule has 1 atom stereocenters. The van der Waals surface area contributed by atoms with Crippen molar-refractivity contribution in [3.8, 4) is 11.5 Å². The molecule has 0 aliphatic carbocycles. The van der Waals surface area contributed by atoms with Gasteiger partial charge in [-0.25, -0.2) is 8.42 Å². The average molecular weight is 375 g/mol. The Morgan fingerprint density at radius 3 is 2.15 bits per heavy atom. The van der Waals surface area contributed by atoms with Crippen LogP contribution in [0.5, 0.6) is 11.5 Å². The van der Waals surface area contributed by atoms with Crippen LogP contribution in [0.2, 0.25) is 0 Å². The van der Waals surface area contributed by atoms with Crippen molar-refractivity contribution in [1.82, 2.24) is 4.31 Å². The second kappa shape index (κ2) is 7.29. The van der Waals surface area contributed by atoms with E-state index < -0.39 is 10.0 Å². The van der Waals surface area contributed by atoms with Crippen LogP contribution in [0, 0.1) is 13.8 Å². The fraction of sp³-hybridized carbons (Fsp3) is 0.400. The molecule has 5 nitrogen and oxygen atoms in total. The molecule has 1 fully saturated rings. The van der Waals surface area contributed by atoms with Crippen molar-refractivity contribution in [3.05, 3.63) is 53.1 Å². The van der Waals surface area contributed by atoms with Crippen LogP contribution in [-0.4, -0.2) is 33.5 Å².